The largest absolute Gasteiger partial charge is 0.495 e. The summed E-state index contributed by atoms with van der Waals surface area (Å²) in [6.07, 6.45) is -4.37. The number of rotatable bonds is 2. The van der Waals surface area contributed by atoms with Crippen LogP contribution in [0.2, 0.25) is 0 Å². The Morgan fingerprint density at radius 1 is 1.04 bits per heavy atom. The van der Waals surface area contributed by atoms with Crippen molar-refractivity contribution in [2.75, 3.05) is 13.2 Å². The first-order valence-electron chi connectivity index (χ1n) is 7.66. The fourth-order valence-electron chi connectivity index (χ4n) is 2.70. The topological polar surface area (TPSA) is 27.7 Å². The molecule has 7 heteroatoms. The highest BCUT2D eigenvalue weighted by atomic mass is 19.4. The van der Waals surface area contributed by atoms with Gasteiger partial charge in [0.05, 0.1) is 30.0 Å². The molecular weight excluding hydrogens is 308 g/mol. The van der Waals surface area contributed by atoms with Gasteiger partial charge in [0.2, 0.25) is 0 Å². The average molecular weight is 328 g/mol. The van der Waals surface area contributed by atoms with Crippen molar-refractivity contribution >= 4 is 12.6 Å². The molecule has 0 aliphatic carbocycles. The van der Waals surface area contributed by atoms with E-state index < -0.39 is 30.1 Å². The van der Waals surface area contributed by atoms with Crippen LogP contribution < -0.4 is 5.46 Å². The van der Waals surface area contributed by atoms with E-state index in [-0.39, 0.29) is 5.92 Å². The maximum Gasteiger partial charge on any atom is 0.495 e. The van der Waals surface area contributed by atoms with Crippen molar-refractivity contribution in [1.82, 2.24) is 0 Å². The smallest absolute Gasteiger partial charge is 0.399 e. The Hall–Kier alpha value is -1.05. The van der Waals surface area contributed by atoms with Gasteiger partial charge in [-0.3, -0.25) is 0 Å². The van der Waals surface area contributed by atoms with E-state index >= 15 is 0 Å². The van der Waals surface area contributed by atoms with Gasteiger partial charge in [0.1, 0.15) is 0 Å². The van der Waals surface area contributed by atoms with E-state index in [9.17, 15) is 13.2 Å². The number of benzene rings is 1. The van der Waals surface area contributed by atoms with Crippen LogP contribution in [0, 0.1) is 0 Å². The molecule has 0 radical (unpaired) electrons. The third-order valence-electron chi connectivity index (χ3n) is 5.00. The molecule has 0 amide bonds. The van der Waals surface area contributed by atoms with Crippen LogP contribution in [0.3, 0.4) is 0 Å². The SMILES string of the molecule is CC1(C)OB(c2ccc(C(F)(F)F)cc2C2COC2)OC1(C)C. The predicted octanol–water partition coefficient (Wildman–Crippen LogP) is 3.12. The molecule has 2 heterocycles. The third-order valence-corrected chi connectivity index (χ3v) is 5.00. The summed E-state index contributed by atoms with van der Waals surface area (Å²) in [6, 6.07) is 3.76. The summed E-state index contributed by atoms with van der Waals surface area (Å²) in [6.45, 7) is 8.53. The Bertz CT molecular complexity index is 593. The summed E-state index contributed by atoms with van der Waals surface area (Å²) in [5.41, 5.74) is -0.462. The van der Waals surface area contributed by atoms with Crippen LogP contribution in [-0.4, -0.2) is 31.5 Å². The van der Waals surface area contributed by atoms with Gasteiger partial charge in [-0.2, -0.15) is 13.2 Å². The second kappa shape index (κ2) is 5.23. The monoisotopic (exact) mass is 328 g/mol. The van der Waals surface area contributed by atoms with E-state index in [4.69, 9.17) is 14.0 Å². The minimum atomic E-state index is -4.37. The molecule has 1 aromatic rings. The molecule has 126 valence electrons. The summed E-state index contributed by atoms with van der Waals surface area (Å²) >= 11 is 0. The lowest BCUT2D eigenvalue weighted by Crippen LogP contribution is -2.41. The van der Waals surface area contributed by atoms with Crippen molar-refractivity contribution in [3.8, 4) is 0 Å². The highest BCUT2D eigenvalue weighted by molar-refractivity contribution is 6.62. The second-order valence-electron chi connectivity index (χ2n) is 7.16. The number of hydrogen-bond acceptors (Lipinski definition) is 3. The Labute approximate surface area is 134 Å². The van der Waals surface area contributed by atoms with Gasteiger partial charge >= 0.3 is 13.3 Å². The molecule has 0 bridgehead atoms. The second-order valence-corrected chi connectivity index (χ2v) is 7.16. The lowest BCUT2D eigenvalue weighted by Gasteiger charge is -2.32. The van der Waals surface area contributed by atoms with E-state index in [0.29, 0.717) is 24.2 Å². The van der Waals surface area contributed by atoms with Gasteiger partial charge < -0.3 is 14.0 Å². The van der Waals surface area contributed by atoms with E-state index in [2.05, 4.69) is 0 Å². The number of halogens is 3. The first-order valence-corrected chi connectivity index (χ1v) is 7.66. The molecule has 0 aromatic heterocycles. The molecule has 0 unspecified atom stereocenters. The number of alkyl halides is 3. The molecule has 3 nitrogen and oxygen atoms in total. The molecule has 2 fully saturated rings. The maximum absolute atomic E-state index is 13.0. The fraction of sp³-hybridized carbons (Fsp3) is 0.625. The van der Waals surface area contributed by atoms with Gasteiger partial charge in [0, 0.05) is 5.92 Å². The van der Waals surface area contributed by atoms with Crippen LogP contribution in [0.4, 0.5) is 13.2 Å². The quantitative estimate of drug-likeness (QED) is 0.781. The van der Waals surface area contributed by atoms with Crippen LogP contribution in [0.15, 0.2) is 18.2 Å². The molecule has 1 aromatic carbocycles. The molecule has 3 rings (SSSR count). The molecule has 23 heavy (non-hydrogen) atoms. The Kier molecular flexibility index (Phi) is 3.82. The molecule has 2 aliphatic heterocycles. The summed E-state index contributed by atoms with van der Waals surface area (Å²) in [7, 11) is -0.669. The molecule has 2 aliphatic rings. The zero-order valence-electron chi connectivity index (χ0n) is 13.7. The number of hydrogen-bond donors (Lipinski definition) is 0. The van der Waals surface area contributed by atoms with Gasteiger partial charge in [-0.15, -0.1) is 0 Å². The Balaban J connectivity index is 1.99. The van der Waals surface area contributed by atoms with Crippen molar-refractivity contribution in [1.29, 1.82) is 0 Å². The van der Waals surface area contributed by atoms with Crippen molar-refractivity contribution in [2.24, 2.45) is 0 Å². The van der Waals surface area contributed by atoms with Crippen LogP contribution in [0.5, 0.6) is 0 Å². The molecule has 0 saturated carbocycles. The minimum Gasteiger partial charge on any atom is -0.399 e. The van der Waals surface area contributed by atoms with E-state index in [1.165, 1.54) is 12.1 Å². The van der Waals surface area contributed by atoms with Crippen molar-refractivity contribution < 1.29 is 27.2 Å². The van der Waals surface area contributed by atoms with Gasteiger partial charge in [0.25, 0.3) is 0 Å². The Morgan fingerprint density at radius 3 is 2.04 bits per heavy atom. The molecular formula is C16H20BF3O3. The summed E-state index contributed by atoms with van der Waals surface area (Å²) < 4.78 is 56.2. The van der Waals surface area contributed by atoms with E-state index in [0.717, 1.165) is 6.07 Å². The fourth-order valence-corrected chi connectivity index (χ4v) is 2.70. The highest BCUT2D eigenvalue weighted by Gasteiger charge is 2.52. The van der Waals surface area contributed by atoms with Crippen LogP contribution in [-0.2, 0) is 20.2 Å². The van der Waals surface area contributed by atoms with Crippen molar-refractivity contribution in [2.45, 2.75) is 51.0 Å². The van der Waals surface area contributed by atoms with Crippen LogP contribution in [0.1, 0.15) is 44.7 Å². The van der Waals surface area contributed by atoms with Gasteiger partial charge in [-0.05, 0) is 44.8 Å². The average Bonchev–Trinajstić information content (AvgIpc) is 2.55. The first-order chi connectivity index (χ1) is 10.5. The lowest BCUT2D eigenvalue weighted by molar-refractivity contribution is -0.137. The zero-order chi connectivity index (χ0) is 17.0. The summed E-state index contributed by atoms with van der Waals surface area (Å²) in [5.74, 6) is -0.0497. The van der Waals surface area contributed by atoms with Crippen LogP contribution in [0.25, 0.3) is 0 Å². The summed E-state index contributed by atoms with van der Waals surface area (Å²) in [5, 5.41) is 0. The van der Waals surface area contributed by atoms with Gasteiger partial charge in [0.15, 0.2) is 0 Å². The zero-order valence-corrected chi connectivity index (χ0v) is 13.7. The highest BCUT2D eigenvalue weighted by Crippen LogP contribution is 2.38. The normalized spacial score (nSPS) is 23.9. The summed E-state index contributed by atoms with van der Waals surface area (Å²) in [4.78, 5) is 0. The molecule has 0 spiro atoms. The third kappa shape index (κ3) is 2.90. The van der Waals surface area contributed by atoms with E-state index in [1.807, 2.05) is 27.7 Å². The van der Waals surface area contributed by atoms with Crippen molar-refractivity contribution in [3.63, 3.8) is 0 Å². The standard InChI is InChI=1S/C16H20BF3O3/c1-14(2)15(3,4)23-17(22-14)13-6-5-11(16(18,19)20)7-12(13)10-8-21-9-10/h5-7,10H,8-9H2,1-4H3. The number of ether oxygens (including phenoxy) is 1. The van der Waals surface area contributed by atoms with E-state index in [1.54, 1.807) is 0 Å². The first kappa shape index (κ1) is 16.8. The molecule has 0 N–H and O–H groups in total. The van der Waals surface area contributed by atoms with Crippen LogP contribution >= 0.6 is 0 Å². The minimum absolute atomic E-state index is 0.0497. The molecule has 2 saturated heterocycles. The Morgan fingerprint density at radius 2 is 1.61 bits per heavy atom. The lowest BCUT2D eigenvalue weighted by atomic mass is 9.72. The van der Waals surface area contributed by atoms with Gasteiger partial charge in [-0.25, -0.2) is 0 Å². The molecule has 0 atom stereocenters. The van der Waals surface area contributed by atoms with Gasteiger partial charge in [-0.1, -0.05) is 12.1 Å². The predicted molar refractivity (Wildman–Crippen MR) is 80.7 cm³/mol. The van der Waals surface area contributed by atoms with Crippen molar-refractivity contribution in [3.05, 3.63) is 29.3 Å². The maximum atomic E-state index is 13.0.